The van der Waals surface area contributed by atoms with Crippen LogP contribution in [-0.2, 0) is 11.3 Å². The molecule has 1 heterocycles. The maximum Gasteiger partial charge on any atom is 0.248 e. The van der Waals surface area contributed by atoms with Gasteiger partial charge in [-0.25, -0.2) is 0 Å². The Bertz CT molecular complexity index is 502. The van der Waals surface area contributed by atoms with Gasteiger partial charge in [-0.05, 0) is 5.39 Å². The van der Waals surface area contributed by atoms with Crippen LogP contribution in [0.3, 0.4) is 0 Å². The van der Waals surface area contributed by atoms with Crippen molar-refractivity contribution in [2.45, 2.75) is 6.61 Å². The third-order valence-electron chi connectivity index (χ3n) is 2.14. The average molecular weight is 189 g/mol. The van der Waals surface area contributed by atoms with E-state index in [2.05, 4.69) is 4.98 Å². The van der Waals surface area contributed by atoms with Crippen molar-refractivity contribution in [3.05, 3.63) is 46.4 Å². The molecular weight excluding hydrogens is 178 g/mol. The van der Waals surface area contributed by atoms with Crippen LogP contribution in [0.2, 0.25) is 0 Å². The molecule has 0 aliphatic carbocycles. The topological polar surface area (TPSA) is 42.1 Å². The molecule has 0 bridgehead atoms. The molecule has 72 valence electrons. The molecule has 3 heteroatoms. The van der Waals surface area contributed by atoms with Crippen LogP contribution < -0.4 is 5.56 Å². The molecule has 0 saturated carbocycles. The van der Waals surface area contributed by atoms with Crippen LogP contribution in [0.5, 0.6) is 0 Å². The highest BCUT2D eigenvalue weighted by Gasteiger charge is 2.01. The summed E-state index contributed by atoms with van der Waals surface area (Å²) in [4.78, 5) is 14.0. The molecule has 0 aliphatic heterocycles. The molecule has 1 N–H and O–H groups in total. The highest BCUT2D eigenvalue weighted by molar-refractivity contribution is 5.84. The molecule has 14 heavy (non-hydrogen) atoms. The number of aromatic nitrogens is 1. The van der Waals surface area contributed by atoms with Crippen LogP contribution in [0.15, 0.2) is 35.1 Å². The summed E-state index contributed by atoms with van der Waals surface area (Å²) in [5.74, 6) is 0. The van der Waals surface area contributed by atoms with Crippen LogP contribution in [0.4, 0.5) is 0 Å². The minimum atomic E-state index is -0.0873. The SMILES string of the molecule is COCc1[nH]c(=O)cc2ccccc12. The number of ether oxygens (including phenoxy) is 1. The lowest BCUT2D eigenvalue weighted by atomic mass is 10.1. The van der Waals surface area contributed by atoms with Crippen molar-refractivity contribution >= 4 is 10.8 Å². The number of aromatic amines is 1. The smallest absolute Gasteiger partial charge is 0.248 e. The summed E-state index contributed by atoms with van der Waals surface area (Å²) in [6.45, 7) is 0.427. The largest absolute Gasteiger partial charge is 0.378 e. The fraction of sp³-hybridized carbons (Fsp3) is 0.182. The second kappa shape index (κ2) is 3.64. The average Bonchev–Trinajstić information content (AvgIpc) is 2.18. The lowest BCUT2D eigenvalue weighted by Gasteiger charge is -2.04. The van der Waals surface area contributed by atoms with Gasteiger partial charge in [0.1, 0.15) is 0 Å². The summed E-state index contributed by atoms with van der Waals surface area (Å²) < 4.78 is 5.02. The Balaban J connectivity index is 2.73. The second-order valence-corrected chi connectivity index (χ2v) is 3.13. The van der Waals surface area contributed by atoms with E-state index < -0.39 is 0 Å². The molecular formula is C11H11NO2. The number of methoxy groups -OCH3 is 1. The van der Waals surface area contributed by atoms with E-state index >= 15 is 0 Å². The van der Waals surface area contributed by atoms with Crippen LogP contribution in [-0.4, -0.2) is 12.1 Å². The Morgan fingerprint density at radius 1 is 1.36 bits per heavy atom. The number of fused-ring (bicyclic) bond motifs is 1. The van der Waals surface area contributed by atoms with E-state index in [1.165, 1.54) is 0 Å². The van der Waals surface area contributed by atoms with Crippen LogP contribution in [0.25, 0.3) is 10.8 Å². The minimum Gasteiger partial charge on any atom is -0.378 e. The summed E-state index contributed by atoms with van der Waals surface area (Å²) in [6.07, 6.45) is 0. The first-order valence-electron chi connectivity index (χ1n) is 4.41. The van der Waals surface area contributed by atoms with Crippen molar-refractivity contribution in [2.75, 3.05) is 7.11 Å². The number of rotatable bonds is 2. The molecule has 0 saturated heterocycles. The van der Waals surface area contributed by atoms with Gasteiger partial charge >= 0.3 is 0 Å². The zero-order chi connectivity index (χ0) is 9.97. The minimum absolute atomic E-state index is 0.0873. The zero-order valence-electron chi connectivity index (χ0n) is 7.91. The standard InChI is InChI=1S/C11H11NO2/c1-14-7-10-9-5-3-2-4-8(9)6-11(13)12-10/h2-6H,7H2,1H3,(H,12,13). The van der Waals surface area contributed by atoms with Crippen molar-refractivity contribution in [1.29, 1.82) is 0 Å². The summed E-state index contributed by atoms with van der Waals surface area (Å²) in [5.41, 5.74) is 0.742. The van der Waals surface area contributed by atoms with Gasteiger partial charge in [0, 0.05) is 18.6 Å². The van der Waals surface area contributed by atoms with E-state index in [1.807, 2.05) is 24.3 Å². The van der Waals surface area contributed by atoms with Gasteiger partial charge < -0.3 is 9.72 Å². The molecule has 0 radical (unpaired) electrons. The van der Waals surface area contributed by atoms with E-state index in [0.717, 1.165) is 16.5 Å². The fourth-order valence-corrected chi connectivity index (χ4v) is 1.55. The summed E-state index contributed by atoms with van der Waals surface area (Å²) >= 11 is 0. The highest BCUT2D eigenvalue weighted by Crippen LogP contribution is 2.14. The molecule has 2 rings (SSSR count). The van der Waals surface area contributed by atoms with Crippen molar-refractivity contribution in [2.24, 2.45) is 0 Å². The van der Waals surface area contributed by atoms with E-state index in [1.54, 1.807) is 13.2 Å². The fourth-order valence-electron chi connectivity index (χ4n) is 1.55. The van der Waals surface area contributed by atoms with Gasteiger partial charge in [-0.1, -0.05) is 24.3 Å². The van der Waals surface area contributed by atoms with E-state index in [0.29, 0.717) is 6.61 Å². The Hall–Kier alpha value is -1.61. The number of pyridine rings is 1. The quantitative estimate of drug-likeness (QED) is 0.780. The van der Waals surface area contributed by atoms with Crippen LogP contribution in [0.1, 0.15) is 5.69 Å². The van der Waals surface area contributed by atoms with Crippen molar-refractivity contribution in [3.63, 3.8) is 0 Å². The van der Waals surface area contributed by atoms with E-state index in [-0.39, 0.29) is 5.56 Å². The Kier molecular flexibility index (Phi) is 2.33. The maximum absolute atomic E-state index is 11.3. The van der Waals surface area contributed by atoms with E-state index in [9.17, 15) is 4.79 Å². The van der Waals surface area contributed by atoms with Gasteiger partial charge in [0.15, 0.2) is 0 Å². The molecule has 0 unspecified atom stereocenters. The normalized spacial score (nSPS) is 10.6. The monoisotopic (exact) mass is 189 g/mol. The Morgan fingerprint density at radius 3 is 2.93 bits per heavy atom. The summed E-state index contributed by atoms with van der Waals surface area (Å²) in [7, 11) is 1.61. The molecule has 0 amide bonds. The van der Waals surface area contributed by atoms with Gasteiger partial charge in [0.2, 0.25) is 5.56 Å². The van der Waals surface area contributed by atoms with Crippen LogP contribution >= 0.6 is 0 Å². The molecule has 0 spiro atoms. The first-order chi connectivity index (χ1) is 6.81. The number of hydrogen-bond acceptors (Lipinski definition) is 2. The molecule has 1 aromatic carbocycles. The van der Waals surface area contributed by atoms with E-state index in [4.69, 9.17) is 4.74 Å². The molecule has 0 atom stereocenters. The lowest BCUT2D eigenvalue weighted by Crippen LogP contribution is -2.08. The van der Waals surface area contributed by atoms with Crippen molar-refractivity contribution in [3.8, 4) is 0 Å². The van der Waals surface area contributed by atoms with Gasteiger partial charge in [-0.3, -0.25) is 4.79 Å². The van der Waals surface area contributed by atoms with Crippen LogP contribution in [0, 0.1) is 0 Å². The highest BCUT2D eigenvalue weighted by atomic mass is 16.5. The number of nitrogens with one attached hydrogen (secondary N) is 1. The van der Waals surface area contributed by atoms with Gasteiger partial charge in [-0.2, -0.15) is 0 Å². The molecule has 2 aromatic rings. The molecule has 0 aliphatic rings. The van der Waals surface area contributed by atoms with Crippen molar-refractivity contribution in [1.82, 2.24) is 4.98 Å². The summed E-state index contributed by atoms with van der Waals surface area (Å²) in [6, 6.07) is 9.34. The molecule has 1 aromatic heterocycles. The Labute approximate surface area is 81.3 Å². The third-order valence-corrected chi connectivity index (χ3v) is 2.14. The summed E-state index contributed by atoms with van der Waals surface area (Å²) in [5, 5.41) is 1.98. The van der Waals surface area contributed by atoms with Gasteiger partial charge in [-0.15, -0.1) is 0 Å². The zero-order valence-corrected chi connectivity index (χ0v) is 7.91. The molecule has 0 fully saturated rings. The third kappa shape index (κ3) is 1.54. The number of hydrogen-bond donors (Lipinski definition) is 1. The molecule has 3 nitrogen and oxygen atoms in total. The predicted molar refractivity (Wildman–Crippen MR) is 55.3 cm³/mol. The number of H-pyrrole nitrogens is 1. The Morgan fingerprint density at radius 2 is 2.14 bits per heavy atom. The van der Waals surface area contributed by atoms with Gasteiger partial charge in [0.25, 0.3) is 0 Å². The predicted octanol–water partition coefficient (Wildman–Crippen LogP) is 1.67. The van der Waals surface area contributed by atoms with Crippen molar-refractivity contribution < 1.29 is 4.74 Å². The first-order valence-corrected chi connectivity index (χ1v) is 4.41. The first kappa shape index (κ1) is 8.97. The lowest BCUT2D eigenvalue weighted by molar-refractivity contribution is 0.182. The van der Waals surface area contributed by atoms with Gasteiger partial charge in [0.05, 0.1) is 12.3 Å². The second-order valence-electron chi connectivity index (χ2n) is 3.13. The maximum atomic E-state index is 11.3. The number of benzene rings is 1.